The van der Waals surface area contributed by atoms with Crippen molar-refractivity contribution in [3.05, 3.63) is 0 Å². The largest absolute Gasteiger partial charge is 0.387 e. The van der Waals surface area contributed by atoms with E-state index in [-0.39, 0.29) is 0 Å². The van der Waals surface area contributed by atoms with E-state index in [1.54, 1.807) is 0 Å². The third kappa shape index (κ3) is 2.62. The van der Waals surface area contributed by atoms with Crippen LogP contribution in [0.1, 0.15) is 6.92 Å². The molecular weight excluding hydrogens is 208 g/mol. The fraction of sp³-hybridized carbons (Fsp3) is 0.857. The van der Waals surface area contributed by atoms with Crippen LogP contribution in [0.5, 0.6) is 0 Å². The van der Waals surface area contributed by atoms with Gasteiger partial charge in [-0.1, -0.05) is 0 Å². The maximum atomic E-state index is 10.7. The van der Waals surface area contributed by atoms with Crippen molar-refractivity contribution in [1.29, 1.82) is 0 Å². The molecule has 5 N–H and O–H groups in total. The van der Waals surface area contributed by atoms with Crippen LogP contribution in [0.4, 0.5) is 0 Å². The van der Waals surface area contributed by atoms with Crippen LogP contribution in [0.2, 0.25) is 0 Å². The fourth-order valence-corrected chi connectivity index (χ4v) is 1.30. The molecule has 0 aromatic rings. The van der Waals surface area contributed by atoms with Crippen LogP contribution in [-0.2, 0) is 9.63 Å². The topological polar surface area (TPSA) is 122 Å². The average Bonchev–Trinajstić information content (AvgIpc) is 2.18. The SMILES string of the molecule is CC(=O)N[C@H]1C(O)ON(CO)[C@@H](O)[C@@H]1O. The number of aliphatic hydroxyl groups excluding tert-OH is 4. The number of rotatable bonds is 2. The lowest BCUT2D eigenvalue weighted by molar-refractivity contribution is -0.384. The molecule has 4 atom stereocenters. The van der Waals surface area contributed by atoms with Gasteiger partial charge < -0.3 is 25.7 Å². The minimum Gasteiger partial charge on any atom is -0.387 e. The molecule has 8 nitrogen and oxygen atoms in total. The van der Waals surface area contributed by atoms with Gasteiger partial charge in [-0.25, -0.2) is 0 Å². The second-order valence-corrected chi connectivity index (χ2v) is 3.18. The summed E-state index contributed by atoms with van der Waals surface area (Å²) in [7, 11) is 0. The van der Waals surface area contributed by atoms with Crippen LogP contribution in [-0.4, -0.2) is 62.8 Å². The molecule has 0 aliphatic carbocycles. The Morgan fingerprint density at radius 3 is 2.53 bits per heavy atom. The molecule has 1 saturated heterocycles. The highest BCUT2D eigenvalue weighted by Gasteiger charge is 2.43. The number of hydroxylamine groups is 2. The van der Waals surface area contributed by atoms with E-state index in [9.17, 15) is 20.1 Å². The van der Waals surface area contributed by atoms with Gasteiger partial charge in [0.05, 0.1) is 0 Å². The van der Waals surface area contributed by atoms with Gasteiger partial charge in [0.1, 0.15) is 18.9 Å². The highest BCUT2D eigenvalue weighted by molar-refractivity contribution is 5.73. The van der Waals surface area contributed by atoms with E-state index in [4.69, 9.17) is 5.11 Å². The van der Waals surface area contributed by atoms with Gasteiger partial charge in [0.2, 0.25) is 5.91 Å². The first kappa shape index (κ1) is 12.3. The Kier molecular flexibility index (Phi) is 3.97. The maximum Gasteiger partial charge on any atom is 0.217 e. The first-order valence-electron chi connectivity index (χ1n) is 4.33. The van der Waals surface area contributed by atoms with Crippen molar-refractivity contribution in [3.63, 3.8) is 0 Å². The molecule has 1 rings (SSSR count). The standard InChI is InChI=1S/C7H14N2O6/c1-3(11)8-4-5(12)6(13)9(2-10)15-7(4)14/h4-7,10,12-14H,2H2,1H3,(H,8,11)/t4-,5-,6+,7?/m1/s1. The molecule has 0 bridgehead atoms. The zero-order valence-electron chi connectivity index (χ0n) is 8.07. The molecule has 0 saturated carbocycles. The van der Waals surface area contributed by atoms with Gasteiger partial charge in [-0.3, -0.25) is 9.63 Å². The predicted octanol–water partition coefficient (Wildman–Crippen LogP) is -3.31. The number of aliphatic hydroxyl groups is 4. The van der Waals surface area contributed by atoms with E-state index in [1.807, 2.05) is 0 Å². The lowest BCUT2D eigenvalue weighted by atomic mass is 10.1. The van der Waals surface area contributed by atoms with E-state index in [0.29, 0.717) is 5.06 Å². The number of carbonyl (C=O) groups excluding carboxylic acids is 1. The molecule has 1 unspecified atom stereocenters. The number of nitrogens with one attached hydrogen (secondary N) is 1. The number of amides is 1. The maximum absolute atomic E-state index is 10.7. The third-order valence-electron chi connectivity index (χ3n) is 2.03. The van der Waals surface area contributed by atoms with E-state index in [2.05, 4.69) is 10.2 Å². The second kappa shape index (κ2) is 4.84. The Balaban J connectivity index is 2.70. The molecule has 88 valence electrons. The van der Waals surface area contributed by atoms with Gasteiger partial charge in [-0.15, -0.1) is 5.06 Å². The molecule has 15 heavy (non-hydrogen) atoms. The summed E-state index contributed by atoms with van der Waals surface area (Å²) >= 11 is 0. The molecule has 1 fully saturated rings. The fourth-order valence-electron chi connectivity index (χ4n) is 1.30. The third-order valence-corrected chi connectivity index (χ3v) is 2.03. The van der Waals surface area contributed by atoms with E-state index in [0.717, 1.165) is 0 Å². The first-order valence-corrected chi connectivity index (χ1v) is 4.33. The summed E-state index contributed by atoms with van der Waals surface area (Å²) < 4.78 is 0. The van der Waals surface area contributed by atoms with Crippen molar-refractivity contribution >= 4 is 5.91 Å². The molecule has 1 amide bonds. The second-order valence-electron chi connectivity index (χ2n) is 3.18. The summed E-state index contributed by atoms with van der Waals surface area (Å²) in [5, 5.41) is 39.7. The number of nitrogens with zero attached hydrogens (tertiary/aromatic N) is 1. The zero-order chi connectivity index (χ0) is 11.6. The van der Waals surface area contributed by atoms with Crippen molar-refractivity contribution in [2.24, 2.45) is 0 Å². The highest BCUT2D eigenvalue weighted by atomic mass is 16.8. The van der Waals surface area contributed by atoms with Gasteiger partial charge in [-0.05, 0) is 0 Å². The number of hydrogen-bond acceptors (Lipinski definition) is 7. The van der Waals surface area contributed by atoms with Crippen LogP contribution in [0.15, 0.2) is 0 Å². The Hall–Kier alpha value is -0.770. The van der Waals surface area contributed by atoms with Gasteiger partial charge in [0, 0.05) is 6.92 Å². The Morgan fingerprint density at radius 2 is 2.07 bits per heavy atom. The van der Waals surface area contributed by atoms with Crippen LogP contribution < -0.4 is 5.32 Å². The molecule has 0 aromatic heterocycles. The molecule has 1 aliphatic heterocycles. The number of carbonyl (C=O) groups is 1. The van der Waals surface area contributed by atoms with Crippen molar-refractivity contribution in [2.45, 2.75) is 31.6 Å². The Bertz CT molecular complexity index is 238. The minimum atomic E-state index is -1.53. The molecule has 1 aliphatic rings. The predicted molar refractivity (Wildman–Crippen MR) is 45.6 cm³/mol. The van der Waals surface area contributed by atoms with Crippen LogP contribution in [0, 0.1) is 0 Å². The van der Waals surface area contributed by atoms with Crippen LogP contribution >= 0.6 is 0 Å². The Labute approximate surface area is 85.6 Å². The zero-order valence-corrected chi connectivity index (χ0v) is 8.07. The minimum absolute atomic E-state index is 0.480. The van der Waals surface area contributed by atoms with Gasteiger partial charge in [-0.2, -0.15) is 0 Å². The summed E-state index contributed by atoms with van der Waals surface area (Å²) in [5.41, 5.74) is 0. The van der Waals surface area contributed by atoms with Crippen LogP contribution in [0.3, 0.4) is 0 Å². The van der Waals surface area contributed by atoms with Gasteiger partial charge in [0.25, 0.3) is 0 Å². The molecule has 0 spiro atoms. The smallest absolute Gasteiger partial charge is 0.217 e. The van der Waals surface area contributed by atoms with Crippen molar-refractivity contribution in [2.75, 3.05) is 6.73 Å². The summed E-state index contributed by atoms with van der Waals surface area (Å²) in [4.78, 5) is 15.4. The molecule has 0 radical (unpaired) electrons. The highest BCUT2D eigenvalue weighted by Crippen LogP contribution is 2.17. The van der Waals surface area contributed by atoms with Crippen molar-refractivity contribution in [3.8, 4) is 0 Å². The lowest BCUT2D eigenvalue weighted by Crippen LogP contribution is -2.65. The summed E-state index contributed by atoms with van der Waals surface area (Å²) in [6.45, 7) is 0.506. The van der Waals surface area contributed by atoms with Crippen LogP contribution in [0.25, 0.3) is 0 Å². The monoisotopic (exact) mass is 222 g/mol. The van der Waals surface area contributed by atoms with Crippen molar-refractivity contribution in [1.82, 2.24) is 10.4 Å². The average molecular weight is 222 g/mol. The number of hydrogen-bond donors (Lipinski definition) is 5. The first-order chi connectivity index (χ1) is 6.97. The van der Waals surface area contributed by atoms with Gasteiger partial charge >= 0.3 is 0 Å². The van der Waals surface area contributed by atoms with E-state index < -0.39 is 37.3 Å². The molecule has 8 heteroatoms. The molecular formula is C7H14N2O6. The van der Waals surface area contributed by atoms with E-state index in [1.165, 1.54) is 6.92 Å². The quantitative estimate of drug-likeness (QED) is 0.331. The molecule has 0 aromatic carbocycles. The summed E-state index contributed by atoms with van der Waals surface area (Å²) in [6.07, 6.45) is -4.50. The summed E-state index contributed by atoms with van der Waals surface area (Å²) in [6, 6.07) is -1.14. The van der Waals surface area contributed by atoms with Crippen molar-refractivity contribution < 1.29 is 30.1 Å². The summed E-state index contributed by atoms with van der Waals surface area (Å²) in [5.74, 6) is -0.480. The van der Waals surface area contributed by atoms with Gasteiger partial charge in [0.15, 0.2) is 12.5 Å². The Morgan fingerprint density at radius 1 is 1.47 bits per heavy atom. The lowest BCUT2D eigenvalue weighted by Gasteiger charge is -2.41. The normalized spacial score (nSPS) is 37.7. The van der Waals surface area contributed by atoms with E-state index >= 15 is 0 Å². The molecule has 1 heterocycles.